The lowest BCUT2D eigenvalue weighted by Crippen LogP contribution is -2.32. The van der Waals surface area contributed by atoms with Crippen LogP contribution in [0, 0.1) is 0 Å². The summed E-state index contributed by atoms with van der Waals surface area (Å²) < 4.78 is 16.7. The van der Waals surface area contributed by atoms with Gasteiger partial charge in [0, 0.05) is 0 Å². The largest absolute Gasteiger partial charge is 0.493 e. The lowest BCUT2D eigenvalue weighted by molar-refractivity contribution is 0.0319. The normalized spacial score (nSPS) is 23.6. The van der Waals surface area contributed by atoms with Crippen LogP contribution < -0.4 is 14.8 Å². The van der Waals surface area contributed by atoms with Gasteiger partial charge < -0.3 is 19.5 Å². The molecule has 1 aliphatic heterocycles. The minimum atomic E-state index is 0.199. The van der Waals surface area contributed by atoms with Crippen molar-refractivity contribution in [2.45, 2.75) is 44.9 Å². The van der Waals surface area contributed by atoms with Gasteiger partial charge in [-0.1, -0.05) is 13.0 Å². The summed E-state index contributed by atoms with van der Waals surface area (Å²) in [5.74, 6) is 1.52. The molecule has 1 N–H and O–H groups in total. The zero-order chi connectivity index (χ0) is 14.5. The van der Waals surface area contributed by atoms with Gasteiger partial charge in [-0.3, -0.25) is 0 Å². The number of methoxy groups -OCH3 is 2. The third kappa shape index (κ3) is 3.25. The fourth-order valence-corrected chi connectivity index (χ4v) is 2.81. The Morgan fingerprint density at radius 2 is 2.00 bits per heavy atom. The minimum Gasteiger partial charge on any atom is -0.493 e. The molecule has 1 aromatic carbocycles. The van der Waals surface area contributed by atoms with Gasteiger partial charge in [0.05, 0.1) is 32.5 Å². The predicted molar refractivity (Wildman–Crippen MR) is 79.5 cm³/mol. The van der Waals surface area contributed by atoms with Crippen LogP contribution in [0.3, 0.4) is 0 Å². The summed E-state index contributed by atoms with van der Waals surface area (Å²) in [4.78, 5) is 0. The number of likely N-dealkylation sites (N-methyl/N-ethyl adjacent to an activating group) is 1. The van der Waals surface area contributed by atoms with Crippen molar-refractivity contribution >= 4 is 0 Å². The highest BCUT2D eigenvalue weighted by molar-refractivity contribution is 5.44. The highest BCUT2D eigenvalue weighted by Gasteiger charge is 2.30. The summed E-state index contributed by atoms with van der Waals surface area (Å²) in [5.41, 5.74) is 1.18. The smallest absolute Gasteiger partial charge is 0.161 e. The molecule has 0 aromatic heterocycles. The molecule has 0 radical (unpaired) electrons. The van der Waals surface area contributed by atoms with Gasteiger partial charge in [0.2, 0.25) is 0 Å². The van der Waals surface area contributed by atoms with Gasteiger partial charge in [0.25, 0.3) is 0 Å². The molecule has 0 saturated carbocycles. The van der Waals surface area contributed by atoms with E-state index in [-0.39, 0.29) is 12.1 Å². The minimum absolute atomic E-state index is 0.199. The Kier molecular flexibility index (Phi) is 5.26. The lowest BCUT2D eigenvalue weighted by atomic mass is 9.98. The first-order valence-electron chi connectivity index (χ1n) is 7.30. The average molecular weight is 279 g/mol. The predicted octanol–water partition coefficient (Wildman–Crippen LogP) is 2.92. The molecule has 0 amide bonds. The second-order valence-electron chi connectivity index (χ2n) is 5.21. The van der Waals surface area contributed by atoms with Crippen LogP contribution in [0.15, 0.2) is 18.2 Å². The Balaban J connectivity index is 2.24. The quantitative estimate of drug-likeness (QED) is 0.869. The zero-order valence-corrected chi connectivity index (χ0v) is 12.8. The van der Waals surface area contributed by atoms with E-state index < -0.39 is 0 Å². The standard InChI is InChI=1S/C16H25NO3/c1-5-17-16(14-8-6-11(2)20-14)12-7-9-13(18-3)15(10-12)19-4/h7,9-11,14,16-17H,5-6,8H2,1-4H3. The van der Waals surface area contributed by atoms with Crippen LogP contribution in [-0.2, 0) is 4.74 Å². The second-order valence-corrected chi connectivity index (χ2v) is 5.21. The van der Waals surface area contributed by atoms with Crippen LogP contribution in [0.1, 0.15) is 38.3 Å². The maximum atomic E-state index is 6.03. The fraction of sp³-hybridized carbons (Fsp3) is 0.625. The summed E-state index contributed by atoms with van der Waals surface area (Å²) in [6.45, 7) is 5.16. The topological polar surface area (TPSA) is 39.7 Å². The second kappa shape index (κ2) is 6.95. The van der Waals surface area contributed by atoms with E-state index in [0.717, 1.165) is 30.9 Å². The summed E-state index contributed by atoms with van der Waals surface area (Å²) >= 11 is 0. The molecule has 0 aliphatic carbocycles. The van der Waals surface area contributed by atoms with E-state index in [0.29, 0.717) is 6.10 Å². The fourth-order valence-electron chi connectivity index (χ4n) is 2.81. The first-order valence-corrected chi connectivity index (χ1v) is 7.30. The van der Waals surface area contributed by atoms with Gasteiger partial charge in [0.1, 0.15) is 0 Å². The number of hydrogen-bond donors (Lipinski definition) is 1. The number of nitrogens with one attached hydrogen (secondary N) is 1. The summed E-state index contributed by atoms with van der Waals surface area (Å²) in [6, 6.07) is 6.28. The SMILES string of the molecule is CCNC(c1ccc(OC)c(OC)c1)C1CCC(C)O1. The Hall–Kier alpha value is -1.26. The van der Waals surface area contributed by atoms with Crippen LogP contribution in [0.2, 0.25) is 0 Å². The molecule has 3 atom stereocenters. The summed E-state index contributed by atoms with van der Waals surface area (Å²) in [7, 11) is 3.32. The number of rotatable bonds is 6. The Bertz CT molecular complexity index is 436. The first kappa shape index (κ1) is 15.1. The molecular formula is C16H25NO3. The molecule has 2 rings (SSSR count). The number of hydrogen-bond acceptors (Lipinski definition) is 4. The monoisotopic (exact) mass is 279 g/mol. The van der Waals surface area contributed by atoms with Crippen molar-refractivity contribution in [1.29, 1.82) is 0 Å². The third-order valence-corrected chi connectivity index (χ3v) is 3.83. The number of benzene rings is 1. The van der Waals surface area contributed by atoms with Gasteiger partial charge in [-0.15, -0.1) is 0 Å². The highest BCUT2D eigenvalue weighted by atomic mass is 16.5. The molecule has 1 saturated heterocycles. The van der Waals surface area contributed by atoms with Crippen molar-refractivity contribution < 1.29 is 14.2 Å². The van der Waals surface area contributed by atoms with Gasteiger partial charge in [-0.05, 0) is 44.0 Å². The maximum absolute atomic E-state index is 6.03. The maximum Gasteiger partial charge on any atom is 0.161 e. The van der Waals surface area contributed by atoms with E-state index in [1.807, 2.05) is 12.1 Å². The van der Waals surface area contributed by atoms with Crippen molar-refractivity contribution in [3.8, 4) is 11.5 Å². The molecule has 4 heteroatoms. The van der Waals surface area contributed by atoms with Crippen LogP contribution in [0.4, 0.5) is 0 Å². The van der Waals surface area contributed by atoms with E-state index in [1.54, 1.807) is 14.2 Å². The van der Waals surface area contributed by atoms with Crippen LogP contribution in [0.5, 0.6) is 11.5 Å². The van der Waals surface area contributed by atoms with E-state index >= 15 is 0 Å². The number of ether oxygens (including phenoxy) is 3. The van der Waals surface area contributed by atoms with Gasteiger partial charge in [-0.25, -0.2) is 0 Å². The van der Waals surface area contributed by atoms with E-state index in [4.69, 9.17) is 14.2 Å². The van der Waals surface area contributed by atoms with Crippen molar-refractivity contribution in [1.82, 2.24) is 5.32 Å². The average Bonchev–Trinajstić information content (AvgIpc) is 2.90. The molecule has 112 valence electrons. The lowest BCUT2D eigenvalue weighted by Gasteiger charge is -2.25. The van der Waals surface area contributed by atoms with Crippen LogP contribution >= 0.6 is 0 Å². The summed E-state index contributed by atoms with van der Waals surface area (Å²) in [5, 5.41) is 3.53. The zero-order valence-electron chi connectivity index (χ0n) is 12.8. The Morgan fingerprint density at radius 3 is 2.55 bits per heavy atom. The molecule has 1 heterocycles. The van der Waals surface area contributed by atoms with E-state index in [9.17, 15) is 0 Å². The van der Waals surface area contributed by atoms with Crippen LogP contribution in [-0.4, -0.2) is 33.0 Å². The Labute approximate surface area is 121 Å². The molecular weight excluding hydrogens is 254 g/mol. The summed E-state index contributed by atoms with van der Waals surface area (Å²) in [6.07, 6.45) is 2.79. The molecule has 1 aliphatic rings. The molecule has 0 bridgehead atoms. The molecule has 1 aromatic rings. The van der Waals surface area contributed by atoms with Gasteiger partial charge in [0.15, 0.2) is 11.5 Å². The van der Waals surface area contributed by atoms with E-state index in [2.05, 4.69) is 25.2 Å². The molecule has 0 spiro atoms. The highest BCUT2D eigenvalue weighted by Crippen LogP contribution is 2.34. The molecule has 3 unspecified atom stereocenters. The van der Waals surface area contributed by atoms with Gasteiger partial charge >= 0.3 is 0 Å². The Morgan fingerprint density at radius 1 is 1.25 bits per heavy atom. The first-order chi connectivity index (χ1) is 9.69. The molecule has 4 nitrogen and oxygen atoms in total. The van der Waals surface area contributed by atoms with Crippen molar-refractivity contribution in [2.24, 2.45) is 0 Å². The van der Waals surface area contributed by atoms with Gasteiger partial charge in [-0.2, -0.15) is 0 Å². The van der Waals surface area contributed by atoms with Crippen molar-refractivity contribution in [3.63, 3.8) is 0 Å². The van der Waals surface area contributed by atoms with E-state index in [1.165, 1.54) is 5.56 Å². The van der Waals surface area contributed by atoms with Crippen LogP contribution in [0.25, 0.3) is 0 Å². The van der Waals surface area contributed by atoms with Crippen molar-refractivity contribution in [3.05, 3.63) is 23.8 Å². The van der Waals surface area contributed by atoms with Crippen molar-refractivity contribution in [2.75, 3.05) is 20.8 Å². The molecule has 1 fully saturated rings. The molecule has 20 heavy (non-hydrogen) atoms. The third-order valence-electron chi connectivity index (χ3n) is 3.83.